The Morgan fingerprint density at radius 3 is 2.80 bits per heavy atom. The largest absolute Gasteiger partial charge is 0.404 e. The van der Waals surface area contributed by atoms with E-state index in [0.29, 0.717) is 17.6 Å². The van der Waals surface area contributed by atoms with Gasteiger partial charge in [0, 0.05) is 18.0 Å². The summed E-state index contributed by atoms with van der Waals surface area (Å²) in [6.45, 7) is 0. The molecule has 0 radical (unpaired) electrons. The van der Waals surface area contributed by atoms with E-state index >= 15 is 0 Å². The molecule has 0 bridgehead atoms. The maximum Gasteiger partial charge on any atom is 0.186 e. The fourth-order valence-electron chi connectivity index (χ4n) is 0.831. The summed E-state index contributed by atoms with van der Waals surface area (Å²) in [5, 5.41) is 7.32. The van der Waals surface area contributed by atoms with Gasteiger partial charge in [0.15, 0.2) is 18.6 Å². The second-order valence-corrected chi connectivity index (χ2v) is 2.74. The molecule has 78 valence electrons. The predicted octanol–water partition coefficient (Wildman–Crippen LogP) is 1.19. The molecule has 0 unspecified atom stereocenters. The van der Waals surface area contributed by atoms with Gasteiger partial charge in [-0.25, -0.2) is 0 Å². The van der Waals surface area contributed by atoms with E-state index < -0.39 is 0 Å². The minimum Gasteiger partial charge on any atom is -0.404 e. The van der Waals surface area contributed by atoms with Crippen LogP contribution in [0.25, 0.3) is 5.57 Å². The van der Waals surface area contributed by atoms with Crippen molar-refractivity contribution < 1.29 is 8.68 Å². The fourth-order valence-corrected chi connectivity index (χ4v) is 0.984. The summed E-state index contributed by atoms with van der Waals surface area (Å²) >= 11 is -0.184. The fraction of sp³-hybridized carbons (Fsp3) is 0. The molecule has 0 aliphatic carbocycles. The predicted molar refractivity (Wildman–Crippen MR) is 56.8 cm³/mol. The number of rotatable bonds is 4. The highest BCUT2D eigenvalue weighted by Crippen LogP contribution is 2.09. The van der Waals surface area contributed by atoms with Gasteiger partial charge in [-0.05, 0) is 12.1 Å². The maximum atomic E-state index is 11.7. The van der Waals surface area contributed by atoms with E-state index in [1.165, 1.54) is 18.5 Å². The molecule has 0 spiro atoms. The van der Waals surface area contributed by atoms with E-state index in [1.807, 2.05) is 0 Å². The molecule has 0 aromatic carbocycles. The summed E-state index contributed by atoms with van der Waals surface area (Å²) in [4.78, 5) is 10.3. The van der Waals surface area contributed by atoms with Crippen molar-refractivity contribution in [1.29, 1.82) is 0 Å². The Morgan fingerprint density at radius 1 is 1.53 bits per heavy atom. The van der Waals surface area contributed by atoms with Gasteiger partial charge in [-0.2, -0.15) is 4.40 Å². The molecule has 0 fully saturated rings. The number of hydrogen-bond acceptors (Lipinski definition) is 6. The Labute approximate surface area is 89.7 Å². The Hall–Kier alpha value is -1.76. The average molecular weight is 226 g/mol. The van der Waals surface area contributed by atoms with Crippen LogP contribution in [0.2, 0.25) is 0 Å². The van der Waals surface area contributed by atoms with Crippen molar-refractivity contribution in [2.75, 3.05) is 0 Å². The first kappa shape index (κ1) is 11.3. The second kappa shape index (κ2) is 5.86. The molecule has 7 heteroatoms. The monoisotopic (exact) mass is 226 g/mol. The minimum absolute atomic E-state index is 0.184. The Bertz CT molecular complexity index is 390. The number of carbonyl (C=O) groups is 1. The van der Waals surface area contributed by atoms with Crippen molar-refractivity contribution in [3.8, 4) is 0 Å². The molecule has 0 aliphatic heterocycles. The van der Waals surface area contributed by atoms with Crippen molar-refractivity contribution >= 4 is 30.4 Å². The van der Waals surface area contributed by atoms with Gasteiger partial charge >= 0.3 is 0 Å². The third kappa shape index (κ3) is 3.13. The van der Waals surface area contributed by atoms with E-state index in [9.17, 15) is 8.68 Å². The standard InChI is InChI=1S/C8H7FN4OS/c9-15-11-4-6(3-10)8-2-1-7(5-14)12-13-8/h1-5H,10H2/b6-3+,11-4+. The molecule has 0 saturated heterocycles. The highest BCUT2D eigenvalue weighted by molar-refractivity contribution is 7.93. The number of carbonyl (C=O) groups excluding carboxylic acids is 1. The number of allylic oxidation sites excluding steroid dienone is 1. The van der Waals surface area contributed by atoms with Gasteiger partial charge < -0.3 is 5.73 Å². The smallest absolute Gasteiger partial charge is 0.186 e. The van der Waals surface area contributed by atoms with Crippen LogP contribution in [-0.4, -0.2) is 22.7 Å². The molecule has 0 amide bonds. The number of nitrogens with zero attached hydrogens (tertiary/aromatic N) is 3. The number of aldehydes is 1. The first-order valence-corrected chi connectivity index (χ1v) is 4.51. The lowest BCUT2D eigenvalue weighted by Gasteiger charge is -1.97. The van der Waals surface area contributed by atoms with Crippen LogP contribution in [0, 0.1) is 0 Å². The minimum atomic E-state index is -0.184. The van der Waals surface area contributed by atoms with Gasteiger partial charge in [0.25, 0.3) is 0 Å². The molecular weight excluding hydrogens is 219 g/mol. The van der Waals surface area contributed by atoms with Gasteiger partial charge in [0.1, 0.15) is 5.69 Å². The molecule has 0 atom stereocenters. The van der Waals surface area contributed by atoms with Crippen LogP contribution >= 0.6 is 12.3 Å². The summed E-state index contributed by atoms with van der Waals surface area (Å²) in [5.74, 6) is 0. The molecule has 1 aromatic heterocycles. The number of hydrogen-bond donors (Lipinski definition) is 1. The molecule has 1 heterocycles. The van der Waals surface area contributed by atoms with E-state index in [1.54, 1.807) is 6.07 Å². The molecule has 15 heavy (non-hydrogen) atoms. The van der Waals surface area contributed by atoms with E-state index in [-0.39, 0.29) is 18.0 Å². The summed E-state index contributed by atoms with van der Waals surface area (Å²) < 4.78 is 15.0. The van der Waals surface area contributed by atoms with Crippen LogP contribution in [0.15, 0.2) is 22.7 Å². The Kier molecular flexibility index (Phi) is 4.42. The highest BCUT2D eigenvalue weighted by Gasteiger charge is 2.01. The Morgan fingerprint density at radius 2 is 2.33 bits per heavy atom. The lowest BCUT2D eigenvalue weighted by molar-refractivity contribution is 0.111. The Balaban J connectivity index is 2.93. The lowest BCUT2D eigenvalue weighted by Crippen LogP contribution is -1.98. The first-order chi connectivity index (χ1) is 7.31. The lowest BCUT2D eigenvalue weighted by atomic mass is 10.2. The van der Waals surface area contributed by atoms with Crippen LogP contribution in [-0.2, 0) is 0 Å². The summed E-state index contributed by atoms with van der Waals surface area (Å²) in [7, 11) is 0. The van der Waals surface area contributed by atoms with Crippen LogP contribution in [0.1, 0.15) is 16.2 Å². The van der Waals surface area contributed by atoms with Crippen LogP contribution in [0.3, 0.4) is 0 Å². The van der Waals surface area contributed by atoms with Gasteiger partial charge in [-0.15, -0.1) is 14.1 Å². The van der Waals surface area contributed by atoms with Crippen molar-refractivity contribution in [1.82, 2.24) is 10.2 Å². The van der Waals surface area contributed by atoms with Crippen LogP contribution in [0.5, 0.6) is 0 Å². The normalized spacial score (nSPS) is 11.9. The zero-order valence-corrected chi connectivity index (χ0v) is 8.32. The molecule has 0 saturated carbocycles. The van der Waals surface area contributed by atoms with Gasteiger partial charge in [0.2, 0.25) is 0 Å². The zero-order valence-electron chi connectivity index (χ0n) is 7.50. The van der Waals surface area contributed by atoms with E-state index in [4.69, 9.17) is 5.73 Å². The van der Waals surface area contributed by atoms with E-state index in [2.05, 4.69) is 14.6 Å². The SMILES string of the molecule is N/C=C(\C=N\SF)c1ccc(C=O)nn1. The van der Waals surface area contributed by atoms with Crippen LogP contribution in [0.4, 0.5) is 3.89 Å². The first-order valence-electron chi connectivity index (χ1n) is 3.84. The number of halogens is 1. The van der Waals surface area contributed by atoms with Crippen molar-refractivity contribution in [3.63, 3.8) is 0 Å². The van der Waals surface area contributed by atoms with Crippen molar-refractivity contribution in [2.45, 2.75) is 0 Å². The van der Waals surface area contributed by atoms with Crippen molar-refractivity contribution in [2.24, 2.45) is 10.1 Å². The van der Waals surface area contributed by atoms with Gasteiger partial charge in [0.05, 0.1) is 5.69 Å². The molecule has 1 rings (SSSR count). The second-order valence-electron chi connectivity index (χ2n) is 2.39. The highest BCUT2D eigenvalue weighted by atomic mass is 32.2. The molecule has 5 nitrogen and oxygen atoms in total. The molecule has 1 aromatic rings. The van der Waals surface area contributed by atoms with Crippen molar-refractivity contribution in [3.05, 3.63) is 29.7 Å². The number of nitrogens with two attached hydrogens (primary N) is 1. The van der Waals surface area contributed by atoms with Crippen LogP contribution < -0.4 is 5.73 Å². The molecule has 0 aliphatic rings. The summed E-state index contributed by atoms with van der Waals surface area (Å²) in [6.07, 6.45) is 3.02. The topological polar surface area (TPSA) is 81.2 Å². The third-order valence-electron chi connectivity index (χ3n) is 1.51. The average Bonchev–Trinajstić information content (AvgIpc) is 2.31. The number of aromatic nitrogens is 2. The van der Waals surface area contributed by atoms with Gasteiger partial charge in [-0.1, -0.05) is 0 Å². The quantitative estimate of drug-likeness (QED) is 0.474. The van der Waals surface area contributed by atoms with Gasteiger partial charge in [-0.3, -0.25) is 4.79 Å². The zero-order chi connectivity index (χ0) is 11.1. The third-order valence-corrected chi connectivity index (χ3v) is 1.70. The molecular formula is C8H7FN4OS. The molecule has 2 N–H and O–H groups in total. The van der Waals surface area contributed by atoms with E-state index in [0.717, 1.165) is 0 Å². The summed E-state index contributed by atoms with van der Waals surface area (Å²) in [5.41, 5.74) is 6.35. The summed E-state index contributed by atoms with van der Waals surface area (Å²) in [6, 6.07) is 3.03. The maximum absolute atomic E-state index is 11.7.